The Morgan fingerprint density at radius 2 is 1.69 bits per heavy atom. The molecule has 0 aliphatic heterocycles. The summed E-state index contributed by atoms with van der Waals surface area (Å²) in [6.45, 7) is 6.33. The van der Waals surface area contributed by atoms with E-state index in [-0.39, 0.29) is 17.7 Å². The van der Waals surface area contributed by atoms with Crippen LogP contribution in [-0.4, -0.2) is 17.9 Å². The largest absolute Gasteiger partial charge is 0.350 e. The number of aryl methyl sites for hydroxylation is 1. The molecule has 0 aliphatic rings. The molecule has 138 valence electrons. The molecule has 2 rings (SSSR count). The van der Waals surface area contributed by atoms with Gasteiger partial charge in [-0.05, 0) is 48.6 Å². The summed E-state index contributed by atoms with van der Waals surface area (Å²) in [6, 6.07) is 14.1. The molecule has 0 saturated carbocycles. The first-order valence-corrected chi connectivity index (χ1v) is 9.13. The van der Waals surface area contributed by atoms with E-state index in [1.54, 1.807) is 18.2 Å². The van der Waals surface area contributed by atoms with E-state index >= 15 is 0 Å². The van der Waals surface area contributed by atoms with Crippen LogP contribution < -0.4 is 10.6 Å². The van der Waals surface area contributed by atoms with Crippen LogP contribution in [0.2, 0.25) is 5.02 Å². The lowest BCUT2D eigenvalue weighted by molar-refractivity contribution is -0.123. The van der Waals surface area contributed by atoms with Gasteiger partial charge in [0, 0.05) is 17.1 Å². The Morgan fingerprint density at radius 3 is 2.31 bits per heavy atom. The Bertz CT molecular complexity index is 757. The Kier molecular flexibility index (Phi) is 7.22. The summed E-state index contributed by atoms with van der Waals surface area (Å²) >= 11 is 5.88. The lowest BCUT2D eigenvalue weighted by Gasteiger charge is -2.21. The maximum absolute atomic E-state index is 12.6. The van der Waals surface area contributed by atoms with Crippen molar-refractivity contribution in [1.29, 1.82) is 0 Å². The van der Waals surface area contributed by atoms with Gasteiger partial charge in [-0.2, -0.15) is 0 Å². The molecule has 4 nitrogen and oxygen atoms in total. The summed E-state index contributed by atoms with van der Waals surface area (Å²) < 4.78 is 0. The Labute approximate surface area is 159 Å². The Hall–Kier alpha value is -2.33. The minimum Gasteiger partial charge on any atom is -0.350 e. The number of halogens is 1. The third kappa shape index (κ3) is 5.88. The van der Waals surface area contributed by atoms with E-state index < -0.39 is 6.04 Å². The molecule has 5 heteroatoms. The monoisotopic (exact) mass is 372 g/mol. The van der Waals surface area contributed by atoms with Gasteiger partial charge >= 0.3 is 0 Å². The number of nitrogens with one attached hydrogen (secondary N) is 2. The number of benzene rings is 2. The molecule has 1 unspecified atom stereocenters. The van der Waals surface area contributed by atoms with Crippen molar-refractivity contribution in [3.05, 3.63) is 70.2 Å². The van der Waals surface area contributed by atoms with Gasteiger partial charge in [0.15, 0.2) is 0 Å². The van der Waals surface area contributed by atoms with Crippen molar-refractivity contribution in [2.45, 2.75) is 39.8 Å². The van der Waals surface area contributed by atoms with Crippen LogP contribution in [0.5, 0.6) is 0 Å². The van der Waals surface area contributed by atoms with Crippen LogP contribution in [0.4, 0.5) is 0 Å². The molecule has 0 fully saturated rings. The molecule has 2 amide bonds. The van der Waals surface area contributed by atoms with Crippen LogP contribution >= 0.6 is 11.6 Å². The molecule has 0 heterocycles. The second-order valence-electron chi connectivity index (χ2n) is 6.81. The molecular weight excluding hydrogens is 348 g/mol. The average Bonchev–Trinajstić information content (AvgIpc) is 2.60. The highest BCUT2D eigenvalue weighted by molar-refractivity contribution is 6.30. The molecule has 26 heavy (non-hydrogen) atoms. The highest BCUT2D eigenvalue weighted by Crippen LogP contribution is 2.11. The summed E-state index contributed by atoms with van der Waals surface area (Å²) in [6.07, 6.45) is 0.573. The van der Waals surface area contributed by atoms with Crippen LogP contribution in [0.1, 0.15) is 41.8 Å². The fraction of sp³-hybridized carbons (Fsp3) is 0.333. The smallest absolute Gasteiger partial charge is 0.252 e. The van der Waals surface area contributed by atoms with Crippen molar-refractivity contribution in [1.82, 2.24) is 10.6 Å². The number of carbonyl (C=O) groups excluding carboxylic acids is 2. The molecule has 1 atom stereocenters. The van der Waals surface area contributed by atoms with E-state index in [4.69, 9.17) is 11.6 Å². The highest BCUT2D eigenvalue weighted by atomic mass is 35.5. The molecule has 0 aliphatic carbocycles. The standard InChI is InChI=1S/C21H25ClN2O2/c1-14(2)12-19(24-20(25)18-7-5-4-6-15(18)3)21(26)23-13-16-8-10-17(22)11-9-16/h4-11,14,19H,12-13H2,1-3H3,(H,23,26)(H,24,25). The number of amides is 2. The van der Waals surface area contributed by atoms with Crippen molar-refractivity contribution in [3.8, 4) is 0 Å². The topological polar surface area (TPSA) is 58.2 Å². The summed E-state index contributed by atoms with van der Waals surface area (Å²) in [5.41, 5.74) is 2.43. The van der Waals surface area contributed by atoms with Crippen molar-refractivity contribution in [3.63, 3.8) is 0 Å². The molecule has 2 aromatic rings. The van der Waals surface area contributed by atoms with Gasteiger partial charge in [0.1, 0.15) is 6.04 Å². The highest BCUT2D eigenvalue weighted by Gasteiger charge is 2.22. The third-order valence-corrected chi connectivity index (χ3v) is 4.35. The van der Waals surface area contributed by atoms with Gasteiger partial charge in [0.2, 0.25) is 5.91 Å². The van der Waals surface area contributed by atoms with Crippen LogP contribution in [0.3, 0.4) is 0 Å². The molecule has 0 radical (unpaired) electrons. The van der Waals surface area contributed by atoms with Crippen molar-refractivity contribution in [2.24, 2.45) is 5.92 Å². The first-order chi connectivity index (χ1) is 12.4. The normalized spacial score (nSPS) is 11.9. The van der Waals surface area contributed by atoms with E-state index in [9.17, 15) is 9.59 Å². The van der Waals surface area contributed by atoms with E-state index in [1.165, 1.54) is 0 Å². The van der Waals surface area contributed by atoms with E-state index in [0.717, 1.165) is 11.1 Å². The van der Waals surface area contributed by atoms with Crippen molar-refractivity contribution in [2.75, 3.05) is 0 Å². The van der Waals surface area contributed by atoms with Crippen LogP contribution in [0.25, 0.3) is 0 Å². The van der Waals surface area contributed by atoms with Gasteiger partial charge in [-0.25, -0.2) is 0 Å². The SMILES string of the molecule is Cc1ccccc1C(=O)NC(CC(C)C)C(=O)NCc1ccc(Cl)cc1. The number of hydrogen-bond donors (Lipinski definition) is 2. The van der Waals surface area contributed by atoms with Crippen molar-refractivity contribution >= 4 is 23.4 Å². The number of hydrogen-bond acceptors (Lipinski definition) is 2. The fourth-order valence-corrected chi connectivity index (χ4v) is 2.81. The molecule has 0 spiro atoms. The van der Waals surface area contributed by atoms with Gasteiger partial charge in [-0.1, -0.05) is 55.8 Å². The summed E-state index contributed by atoms with van der Waals surface area (Å²) in [7, 11) is 0. The van der Waals surface area contributed by atoms with Crippen molar-refractivity contribution < 1.29 is 9.59 Å². The Balaban J connectivity index is 2.03. The number of carbonyl (C=O) groups is 2. The Morgan fingerprint density at radius 1 is 1.04 bits per heavy atom. The van der Waals surface area contributed by atoms with E-state index in [1.807, 2.05) is 51.1 Å². The zero-order valence-electron chi connectivity index (χ0n) is 15.4. The second-order valence-corrected chi connectivity index (χ2v) is 7.25. The van der Waals surface area contributed by atoms with E-state index in [2.05, 4.69) is 10.6 Å². The van der Waals surface area contributed by atoms with Crippen LogP contribution in [0.15, 0.2) is 48.5 Å². The van der Waals surface area contributed by atoms with Crippen LogP contribution in [0, 0.1) is 12.8 Å². The molecule has 0 bridgehead atoms. The van der Waals surface area contributed by atoms with Gasteiger partial charge < -0.3 is 10.6 Å². The second kappa shape index (κ2) is 9.39. The summed E-state index contributed by atoms with van der Waals surface area (Å²) in [4.78, 5) is 25.2. The van der Waals surface area contributed by atoms with Gasteiger partial charge in [0.05, 0.1) is 0 Å². The first-order valence-electron chi connectivity index (χ1n) is 8.75. The molecule has 0 saturated heterocycles. The zero-order valence-corrected chi connectivity index (χ0v) is 16.1. The van der Waals surface area contributed by atoms with Gasteiger partial charge in [-0.15, -0.1) is 0 Å². The van der Waals surface area contributed by atoms with Gasteiger partial charge in [0.25, 0.3) is 5.91 Å². The minimum atomic E-state index is -0.575. The first kappa shape index (κ1) is 20.0. The number of rotatable bonds is 7. The average molecular weight is 373 g/mol. The maximum atomic E-state index is 12.6. The molecule has 0 aromatic heterocycles. The predicted molar refractivity (Wildman–Crippen MR) is 105 cm³/mol. The molecular formula is C21H25ClN2O2. The maximum Gasteiger partial charge on any atom is 0.252 e. The quantitative estimate of drug-likeness (QED) is 0.768. The fourth-order valence-electron chi connectivity index (χ4n) is 2.68. The lowest BCUT2D eigenvalue weighted by Crippen LogP contribution is -2.47. The summed E-state index contributed by atoms with van der Waals surface area (Å²) in [5, 5.41) is 6.43. The predicted octanol–water partition coefficient (Wildman–Crippen LogP) is 4.11. The lowest BCUT2D eigenvalue weighted by atomic mass is 10.0. The van der Waals surface area contributed by atoms with E-state index in [0.29, 0.717) is 23.6 Å². The minimum absolute atomic E-state index is 0.185. The third-order valence-electron chi connectivity index (χ3n) is 4.10. The summed E-state index contributed by atoms with van der Waals surface area (Å²) in [5.74, 6) is -0.135. The molecule has 2 aromatic carbocycles. The van der Waals surface area contributed by atoms with Crippen LogP contribution in [-0.2, 0) is 11.3 Å². The zero-order chi connectivity index (χ0) is 19.1. The molecule has 2 N–H and O–H groups in total. The van der Waals surface area contributed by atoms with Gasteiger partial charge in [-0.3, -0.25) is 9.59 Å².